The minimum Gasteiger partial charge on any atom is -0.376 e. The highest BCUT2D eigenvalue weighted by Crippen LogP contribution is 2.33. The fourth-order valence-electron chi connectivity index (χ4n) is 3.85. The maximum Gasteiger partial charge on any atom is 0.293 e. The van der Waals surface area contributed by atoms with Gasteiger partial charge in [0.15, 0.2) is 0 Å². The molecule has 3 rings (SSSR count). The molecule has 1 aliphatic carbocycles. The summed E-state index contributed by atoms with van der Waals surface area (Å²) in [5.41, 5.74) is 0.221. The van der Waals surface area contributed by atoms with Gasteiger partial charge in [0.05, 0.1) is 9.82 Å². The smallest absolute Gasteiger partial charge is 0.293 e. The summed E-state index contributed by atoms with van der Waals surface area (Å²) in [6.45, 7) is 4.24. The van der Waals surface area contributed by atoms with Crippen LogP contribution in [0.5, 0.6) is 0 Å². The van der Waals surface area contributed by atoms with Crippen LogP contribution in [0.3, 0.4) is 0 Å². The van der Waals surface area contributed by atoms with E-state index in [2.05, 4.69) is 17.1 Å². The van der Waals surface area contributed by atoms with Crippen molar-refractivity contribution in [1.29, 1.82) is 0 Å². The van der Waals surface area contributed by atoms with E-state index >= 15 is 0 Å². The number of piperazine rings is 1. The van der Waals surface area contributed by atoms with Crippen LogP contribution < -0.4 is 5.32 Å². The van der Waals surface area contributed by atoms with Crippen molar-refractivity contribution in [3.63, 3.8) is 0 Å². The number of nitro groups is 1. The number of nitrogens with one attached hydrogen (secondary N) is 1. The molecule has 2 atom stereocenters. The molecule has 1 N–H and O–H groups in total. The second-order valence-electron chi connectivity index (χ2n) is 7.66. The minimum atomic E-state index is -3.73. The summed E-state index contributed by atoms with van der Waals surface area (Å²) in [4.78, 5) is 13.1. The summed E-state index contributed by atoms with van der Waals surface area (Å²) in [5, 5.41) is 14.9. The van der Waals surface area contributed by atoms with Gasteiger partial charge in [-0.15, -0.1) is 0 Å². The average Bonchev–Trinajstić information content (AvgIpc) is 2.64. The Kier molecular flexibility index (Phi) is 6.02. The quantitative estimate of drug-likeness (QED) is 0.607. The molecule has 0 amide bonds. The molecule has 0 aromatic heterocycles. The number of benzene rings is 1. The molecule has 9 heteroatoms. The number of sulfonamides is 1. The standard InChI is InChI=1S/C18H28N4O4S/c1-14-5-3-4-6-16(14)19-17-8-7-15(13-18(17)22(23)24)27(25,26)21-11-9-20(2)10-12-21/h7-8,13-14,16,19H,3-6,9-12H2,1-2H3/t14-,16-/m1/s1. The third kappa shape index (κ3) is 4.41. The highest BCUT2D eigenvalue weighted by molar-refractivity contribution is 7.89. The normalized spacial score (nSPS) is 25.3. The van der Waals surface area contributed by atoms with Crippen molar-refractivity contribution < 1.29 is 13.3 Å². The number of nitrogens with zero attached hydrogens (tertiary/aromatic N) is 3. The SMILES string of the molecule is C[C@@H]1CCCC[C@H]1Nc1ccc(S(=O)(=O)N2CCN(C)CC2)cc1[N+](=O)[O-]. The predicted molar refractivity (Wildman–Crippen MR) is 104 cm³/mol. The summed E-state index contributed by atoms with van der Waals surface area (Å²) in [6.07, 6.45) is 4.36. The van der Waals surface area contributed by atoms with Gasteiger partial charge in [-0.25, -0.2) is 8.42 Å². The van der Waals surface area contributed by atoms with Gasteiger partial charge in [-0.2, -0.15) is 4.31 Å². The first kappa shape index (κ1) is 20.0. The van der Waals surface area contributed by atoms with Gasteiger partial charge in [0.1, 0.15) is 5.69 Å². The van der Waals surface area contributed by atoms with Gasteiger partial charge in [0.25, 0.3) is 5.69 Å². The largest absolute Gasteiger partial charge is 0.376 e. The van der Waals surface area contributed by atoms with Crippen LogP contribution in [-0.4, -0.2) is 61.8 Å². The van der Waals surface area contributed by atoms with Crippen LogP contribution in [-0.2, 0) is 10.0 Å². The molecule has 1 aromatic rings. The van der Waals surface area contributed by atoms with Crippen molar-refractivity contribution in [2.24, 2.45) is 5.92 Å². The molecule has 2 fully saturated rings. The molecule has 8 nitrogen and oxygen atoms in total. The zero-order valence-corrected chi connectivity index (χ0v) is 16.7. The van der Waals surface area contributed by atoms with E-state index in [-0.39, 0.29) is 16.6 Å². The highest BCUT2D eigenvalue weighted by atomic mass is 32.2. The molecule has 150 valence electrons. The lowest BCUT2D eigenvalue weighted by Crippen LogP contribution is -2.47. The Morgan fingerprint density at radius 1 is 1.15 bits per heavy atom. The maximum absolute atomic E-state index is 12.9. The van der Waals surface area contributed by atoms with Gasteiger partial charge >= 0.3 is 0 Å². The summed E-state index contributed by atoms with van der Waals surface area (Å²) in [6, 6.07) is 4.40. The van der Waals surface area contributed by atoms with E-state index in [0.29, 0.717) is 37.8 Å². The van der Waals surface area contributed by atoms with E-state index in [1.54, 1.807) is 6.07 Å². The van der Waals surface area contributed by atoms with Crippen LogP contribution in [0.25, 0.3) is 0 Å². The van der Waals surface area contributed by atoms with Gasteiger partial charge in [0, 0.05) is 38.3 Å². The van der Waals surface area contributed by atoms with Crippen LogP contribution in [0.2, 0.25) is 0 Å². The first-order valence-corrected chi connectivity index (χ1v) is 11.0. The van der Waals surface area contributed by atoms with Gasteiger partial charge in [-0.3, -0.25) is 10.1 Å². The Morgan fingerprint density at radius 2 is 1.81 bits per heavy atom. The Morgan fingerprint density at radius 3 is 2.44 bits per heavy atom. The maximum atomic E-state index is 12.9. The second-order valence-corrected chi connectivity index (χ2v) is 9.59. The molecule has 0 spiro atoms. The van der Waals surface area contributed by atoms with Crippen molar-refractivity contribution >= 4 is 21.4 Å². The fraction of sp³-hybridized carbons (Fsp3) is 0.667. The zero-order chi connectivity index (χ0) is 19.6. The fourth-order valence-corrected chi connectivity index (χ4v) is 5.30. The van der Waals surface area contributed by atoms with Crippen LogP contribution in [0.4, 0.5) is 11.4 Å². The van der Waals surface area contributed by atoms with E-state index in [4.69, 9.17) is 0 Å². The van der Waals surface area contributed by atoms with Gasteiger partial charge < -0.3 is 10.2 Å². The van der Waals surface area contributed by atoms with Crippen LogP contribution in [0.15, 0.2) is 23.1 Å². The molecule has 0 unspecified atom stereocenters. The van der Waals surface area contributed by atoms with Crippen LogP contribution >= 0.6 is 0 Å². The number of anilines is 1. The monoisotopic (exact) mass is 396 g/mol. The van der Waals surface area contributed by atoms with Gasteiger partial charge in [-0.1, -0.05) is 19.8 Å². The van der Waals surface area contributed by atoms with Crippen molar-refractivity contribution in [3.05, 3.63) is 28.3 Å². The number of nitro benzene ring substituents is 1. The lowest BCUT2D eigenvalue weighted by molar-refractivity contribution is -0.384. The number of likely N-dealkylation sites (N-methyl/N-ethyl adjacent to an activating group) is 1. The Balaban J connectivity index is 1.86. The van der Waals surface area contributed by atoms with E-state index in [1.807, 2.05) is 7.05 Å². The molecule has 2 aliphatic rings. The first-order chi connectivity index (χ1) is 12.8. The lowest BCUT2D eigenvalue weighted by atomic mass is 9.86. The summed E-state index contributed by atoms with van der Waals surface area (Å²) in [7, 11) is -1.78. The Hall–Kier alpha value is -1.71. The number of hydrogen-bond donors (Lipinski definition) is 1. The van der Waals surface area contributed by atoms with Gasteiger partial charge in [-0.05, 0) is 37.9 Å². The molecule has 27 heavy (non-hydrogen) atoms. The second kappa shape index (κ2) is 8.12. The summed E-state index contributed by atoms with van der Waals surface area (Å²) < 4.78 is 27.2. The molecule has 1 aliphatic heterocycles. The summed E-state index contributed by atoms with van der Waals surface area (Å²) in [5.74, 6) is 0.437. The third-order valence-corrected chi connectivity index (χ3v) is 7.61. The van der Waals surface area contributed by atoms with Crippen LogP contribution in [0.1, 0.15) is 32.6 Å². The first-order valence-electron chi connectivity index (χ1n) is 9.52. The van der Waals surface area contributed by atoms with Gasteiger partial charge in [0.2, 0.25) is 10.0 Å². The topological polar surface area (TPSA) is 95.8 Å². The van der Waals surface area contributed by atoms with E-state index < -0.39 is 14.9 Å². The van der Waals surface area contributed by atoms with E-state index in [1.165, 1.54) is 22.9 Å². The third-order valence-electron chi connectivity index (χ3n) is 5.72. The molecule has 0 bridgehead atoms. The molecule has 1 aromatic carbocycles. The molecule has 0 radical (unpaired) electrons. The molecule has 1 saturated carbocycles. The molecular formula is C18H28N4O4S. The van der Waals surface area contributed by atoms with Crippen molar-refractivity contribution in [2.45, 2.75) is 43.5 Å². The molecule has 1 heterocycles. The minimum absolute atomic E-state index is 0.0130. The van der Waals surface area contributed by atoms with Crippen molar-refractivity contribution in [1.82, 2.24) is 9.21 Å². The lowest BCUT2D eigenvalue weighted by Gasteiger charge is -2.32. The predicted octanol–water partition coefficient (Wildman–Crippen LogP) is 2.52. The number of hydrogen-bond acceptors (Lipinski definition) is 6. The Labute approximate surface area is 160 Å². The van der Waals surface area contributed by atoms with E-state index in [0.717, 1.165) is 19.3 Å². The van der Waals surface area contributed by atoms with Crippen molar-refractivity contribution in [3.8, 4) is 0 Å². The average molecular weight is 397 g/mol. The highest BCUT2D eigenvalue weighted by Gasteiger charge is 2.30. The number of rotatable bonds is 5. The molecule has 1 saturated heterocycles. The van der Waals surface area contributed by atoms with Crippen LogP contribution in [0, 0.1) is 16.0 Å². The van der Waals surface area contributed by atoms with E-state index in [9.17, 15) is 18.5 Å². The molecular weight excluding hydrogens is 368 g/mol. The summed E-state index contributed by atoms with van der Waals surface area (Å²) >= 11 is 0. The Bertz CT molecular complexity index is 791. The zero-order valence-electron chi connectivity index (χ0n) is 15.9. The van der Waals surface area contributed by atoms with Crippen molar-refractivity contribution in [2.75, 3.05) is 38.5 Å².